The number of aromatic nitrogens is 3. The molecule has 164 valence electrons. The molecule has 5 nitrogen and oxygen atoms in total. The molecule has 0 saturated heterocycles. The van der Waals surface area contributed by atoms with Gasteiger partial charge in [0.15, 0.2) is 0 Å². The zero-order chi connectivity index (χ0) is 23.1. The molecular weight excluding hydrogens is 434 g/mol. The van der Waals surface area contributed by atoms with E-state index in [4.69, 9.17) is 11.6 Å². The first kappa shape index (κ1) is 21.0. The Kier molecular flexibility index (Phi) is 5.27. The summed E-state index contributed by atoms with van der Waals surface area (Å²) in [5.74, 6) is 0.0832. The highest BCUT2D eigenvalue weighted by molar-refractivity contribution is 6.30. The summed E-state index contributed by atoms with van der Waals surface area (Å²) >= 11 is 6.16. The standard InChI is InChI=1S/C27H22ClN3O2/c1-30-16-29-15-25(30)27(17-6-9-20(28)10-7-17)19-8-11-24-23(13-19)22(14-26(33)31(24)2)18-4-3-5-21(32)12-18/h3-16,27,32H,1-2H3. The molecule has 0 bridgehead atoms. The van der Waals surface area contributed by atoms with Gasteiger partial charge in [0.2, 0.25) is 0 Å². The summed E-state index contributed by atoms with van der Waals surface area (Å²) in [6.07, 6.45) is 3.67. The molecule has 2 heterocycles. The predicted octanol–water partition coefficient (Wildman–Crippen LogP) is 5.48. The summed E-state index contributed by atoms with van der Waals surface area (Å²) in [5, 5.41) is 11.7. The van der Waals surface area contributed by atoms with E-state index in [0.717, 1.165) is 38.9 Å². The SMILES string of the molecule is Cn1cncc1C(c1ccc(Cl)cc1)c1ccc2c(c1)c(-c1cccc(O)c1)cc(=O)n2C. The van der Waals surface area contributed by atoms with Gasteiger partial charge in [-0.1, -0.05) is 41.9 Å². The van der Waals surface area contributed by atoms with Crippen molar-refractivity contribution < 1.29 is 5.11 Å². The van der Waals surface area contributed by atoms with Crippen LogP contribution in [0.1, 0.15) is 22.7 Å². The van der Waals surface area contributed by atoms with Gasteiger partial charge in [-0.05, 0) is 58.7 Å². The molecule has 0 aliphatic heterocycles. The first-order valence-corrected chi connectivity index (χ1v) is 10.9. The molecule has 0 spiro atoms. The molecule has 0 aliphatic rings. The number of benzene rings is 3. The maximum Gasteiger partial charge on any atom is 0.251 e. The van der Waals surface area contributed by atoms with E-state index in [1.807, 2.05) is 54.2 Å². The first-order valence-electron chi connectivity index (χ1n) is 10.6. The number of nitrogens with zero attached hydrogens (tertiary/aromatic N) is 3. The Bertz CT molecular complexity index is 1530. The van der Waals surface area contributed by atoms with Gasteiger partial charge in [0, 0.05) is 42.5 Å². The van der Waals surface area contributed by atoms with E-state index in [9.17, 15) is 9.90 Å². The third kappa shape index (κ3) is 3.81. The molecule has 0 fully saturated rings. The van der Waals surface area contributed by atoms with E-state index in [1.54, 1.807) is 42.2 Å². The van der Waals surface area contributed by atoms with Gasteiger partial charge in [0.05, 0.1) is 17.8 Å². The van der Waals surface area contributed by atoms with Crippen LogP contribution in [0.3, 0.4) is 0 Å². The quantitative estimate of drug-likeness (QED) is 0.390. The number of pyridine rings is 1. The van der Waals surface area contributed by atoms with Gasteiger partial charge in [-0.3, -0.25) is 4.79 Å². The van der Waals surface area contributed by atoms with Crippen LogP contribution in [-0.4, -0.2) is 19.2 Å². The fraction of sp³-hybridized carbons (Fsp3) is 0.111. The lowest BCUT2D eigenvalue weighted by Gasteiger charge is -2.20. The number of aromatic hydroxyl groups is 1. The summed E-state index contributed by atoms with van der Waals surface area (Å²) in [6, 6.07) is 22.6. The summed E-state index contributed by atoms with van der Waals surface area (Å²) in [5.41, 5.74) is 5.49. The van der Waals surface area contributed by atoms with Crippen molar-refractivity contribution in [1.29, 1.82) is 0 Å². The zero-order valence-corrected chi connectivity index (χ0v) is 19.0. The average Bonchev–Trinajstić information content (AvgIpc) is 3.23. The van der Waals surface area contributed by atoms with Crippen molar-refractivity contribution in [3.63, 3.8) is 0 Å². The van der Waals surface area contributed by atoms with E-state index in [-0.39, 0.29) is 17.2 Å². The number of phenolic OH excluding ortho intramolecular Hbond substituents is 1. The minimum Gasteiger partial charge on any atom is -0.508 e. The van der Waals surface area contributed by atoms with Crippen molar-refractivity contribution >= 4 is 22.5 Å². The molecule has 6 heteroatoms. The maximum atomic E-state index is 12.7. The molecule has 0 amide bonds. The average molecular weight is 456 g/mol. The topological polar surface area (TPSA) is 60.0 Å². The van der Waals surface area contributed by atoms with Gasteiger partial charge in [-0.2, -0.15) is 0 Å². The first-order chi connectivity index (χ1) is 15.9. The van der Waals surface area contributed by atoms with Gasteiger partial charge in [0.1, 0.15) is 5.75 Å². The molecule has 3 aromatic carbocycles. The molecule has 0 radical (unpaired) electrons. The lowest BCUT2D eigenvalue weighted by molar-refractivity contribution is 0.475. The van der Waals surface area contributed by atoms with Crippen LogP contribution < -0.4 is 5.56 Å². The van der Waals surface area contributed by atoms with Crippen LogP contribution in [0.2, 0.25) is 5.02 Å². The van der Waals surface area contributed by atoms with Crippen LogP contribution in [0.4, 0.5) is 0 Å². The van der Waals surface area contributed by atoms with Crippen LogP contribution in [0.15, 0.2) is 90.1 Å². The van der Waals surface area contributed by atoms with Gasteiger partial charge >= 0.3 is 0 Å². The maximum absolute atomic E-state index is 12.7. The van der Waals surface area contributed by atoms with Crippen molar-refractivity contribution in [2.24, 2.45) is 14.1 Å². The molecule has 1 atom stereocenters. The number of hydrogen-bond acceptors (Lipinski definition) is 3. The van der Waals surface area contributed by atoms with Crippen molar-refractivity contribution in [2.45, 2.75) is 5.92 Å². The van der Waals surface area contributed by atoms with Crippen LogP contribution in [0.5, 0.6) is 5.75 Å². The highest BCUT2D eigenvalue weighted by Gasteiger charge is 2.21. The number of aryl methyl sites for hydroxylation is 2. The van der Waals surface area contributed by atoms with Crippen molar-refractivity contribution in [2.75, 3.05) is 0 Å². The molecule has 33 heavy (non-hydrogen) atoms. The Labute approximate surface area is 196 Å². The van der Waals surface area contributed by atoms with E-state index in [1.165, 1.54) is 0 Å². The fourth-order valence-corrected chi connectivity index (χ4v) is 4.53. The van der Waals surface area contributed by atoms with E-state index >= 15 is 0 Å². The minimum absolute atomic E-state index is 0.0755. The van der Waals surface area contributed by atoms with E-state index in [0.29, 0.717) is 5.02 Å². The predicted molar refractivity (Wildman–Crippen MR) is 132 cm³/mol. The highest BCUT2D eigenvalue weighted by Crippen LogP contribution is 2.36. The van der Waals surface area contributed by atoms with Gasteiger partial charge in [-0.15, -0.1) is 0 Å². The summed E-state index contributed by atoms with van der Waals surface area (Å²) in [4.78, 5) is 17.0. The molecule has 5 aromatic rings. The Hall–Kier alpha value is -3.83. The van der Waals surface area contributed by atoms with Crippen LogP contribution >= 0.6 is 11.6 Å². The fourth-order valence-electron chi connectivity index (χ4n) is 4.41. The molecule has 0 aliphatic carbocycles. The van der Waals surface area contributed by atoms with Gasteiger partial charge < -0.3 is 14.2 Å². The van der Waals surface area contributed by atoms with Crippen LogP contribution in [0, 0.1) is 0 Å². The number of imidazole rings is 1. The summed E-state index contributed by atoms with van der Waals surface area (Å²) in [6.45, 7) is 0. The van der Waals surface area contributed by atoms with Crippen LogP contribution in [0.25, 0.3) is 22.0 Å². The number of phenols is 1. The summed E-state index contributed by atoms with van der Waals surface area (Å²) < 4.78 is 3.66. The monoisotopic (exact) mass is 455 g/mol. The lowest BCUT2D eigenvalue weighted by Crippen LogP contribution is -2.16. The summed E-state index contributed by atoms with van der Waals surface area (Å²) in [7, 11) is 3.75. The Morgan fingerprint density at radius 3 is 2.39 bits per heavy atom. The van der Waals surface area contributed by atoms with E-state index in [2.05, 4.69) is 17.1 Å². The van der Waals surface area contributed by atoms with Crippen LogP contribution in [-0.2, 0) is 14.1 Å². The van der Waals surface area contributed by atoms with Gasteiger partial charge in [0.25, 0.3) is 5.56 Å². The Morgan fingerprint density at radius 1 is 0.939 bits per heavy atom. The third-order valence-corrected chi connectivity index (χ3v) is 6.37. The third-order valence-electron chi connectivity index (χ3n) is 6.11. The largest absolute Gasteiger partial charge is 0.508 e. The number of halogens is 1. The molecular formula is C27H22ClN3O2. The smallest absolute Gasteiger partial charge is 0.251 e. The number of rotatable bonds is 4. The Morgan fingerprint density at radius 2 is 1.70 bits per heavy atom. The molecule has 2 aromatic heterocycles. The lowest BCUT2D eigenvalue weighted by atomic mass is 9.87. The van der Waals surface area contributed by atoms with Gasteiger partial charge in [-0.25, -0.2) is 4.98 Å². The number of hydrogen-bond donors (Lipinski definition) is 1. The Balaban J connectivity index is 1.79. The minimum atomic E-state index is -0.102. The second-order valence-electron chi connectivity index (χ2n) is 8.20. The molecule has 0 saturated carbocycles. The highest BCUT2D eigenvalue weighted by atomic mass is 35.5. The van der Waals surface area contributed by atoms with Crippen molar-refractivity contribution in [1.82, 2.24) is 14.1 Å². The normalized spacial score (nSPS) is 12.2. The second kappa shape index (κ2) is 8.26. The molecule has 1 N–H and O–H groups in total. The number of fused-ring (bicyclic) bond motifs is 1. The van der Waals surface area contributed by atoms with Crippen molar-refractivity contribution in [3.05, 3.63) is 118 Å². The molecule has 1 unspecified atom stereocenters. The molecule has 5 rings (SSSR count). The van der Waals surface area contributed by atoms with E-state index < -0.39 is 0 Å². The van der Waals surface area contributed by atoms with Crippen molar-refractivity contribution in [3.8, 4) is 16.9 Å². The zero-order valence-electron chi connectivity index (χ0n) is 18.2. The second-order valence-corrected chi connectivity index (χ2v) is 8.63.